The summed E-state index contributed by atoms with van der Waals surface area (Å²) in [7, 11) is -0.0984. The van der Waals surface area contributed by atoms with Crippen molar-refractivity contribution in [2.45, 2.75) is 75.8 Å². The molecule has 2 saturated heterocycles. The number of hydrogen-bond acceptors (Lipinski definition) is 5. The highest BCUT2D eigenvalue weighted by molar-refractivity contribution is 7.82. The lowest BCUT2D eigenvalue weighted by molar-refractivity contribution is -0.168. The predicted molar refractivity (Wildman–Crippen MR) is 163 cm³/mol. The van der Waals surface area contributed by atoms with Gasteiger partial charge in [-0.15, -0.1) is 0 Å². The summed E-state index contributed by atoms with van der Waals surface area (Å²) >= 11 is 11.9. The fourth-order valence-corrected chi connectivity index (χ4v) is 6.21. The lowest BCUT2D eigenvalue weighted by Crippen LogP contribution is -2.75. The van der Waals surface area contributed by atoms with E-state index in [0.29, 0.717) is 17.0 Å². The summed E-state index contributed by atoms with van der Waals surface area (Å²) in [5, 5.41) is 6.25. The number of halogens is 3. The third-order valence-electron chi connectivity index (χ3n) is 7.11. The minimum atomic E-state index is -2.06. The molecule has 9 nitrogen and oxygen atoms in total. The topological polar surface area (TPSA) is 102 Å². The van der Waals surface area contributed by atoms with Crippen LogP contribution >= 0.6 is 23.2 Å². The summed E-state index contributed by atoms with van der Waals surface area (Å²) in [5.74, 6) is -1.48. The van der Waals surface area contributed by atoms with E-state index in [1.54, 1.807) is 29.2 Å². The molecule has 2 aromatic rings. The molecule has 0 aliphatic carbocycles. The first kappa shape index (κ1) is 33.9. The van der Waals surface area contributed by atoms with E-state index >= 15 is 0 Å². The molecule has 2 aromatic carbocycles. The van der Waals surface area contributed by atoms with E-state index in [9.17, 15) is 23.0 Å². The monoisotopic (exact) mass is 641 g/mol. The Hall–Kier alpha value is -2.57. The second-order valence-corrected chi connectivity index (χ2v) is 13.7. The van der Waals surface area contributed by atoms with Gasteiger partial charge in [-0.3, -0.25) is 14.4 Å². The number of nitrogens with one attached hydrogen (secondary N) is 2. The van der Waals surface area contributed by atoms with E-state index in [4.69, 9.17) is 23.2 Å². The van der Waals surface area contributed by atoms with Gasteiger partial charge in [-0.1, -0.05) is 35.3 Å². The maximum atomic E-state index is 14.7. The number of carbonyl (C=O) groups is 3. The van der Waals surface area contributed by atoms with Crippen LogP contribution in [0.4, 0.5) is 4.39 Å². The average molecular weight is 643 g/mol. The van der Waals surface area contributed by atoms with Gasteiger partial charge < -0.3 is 20.4 Å². The van der Waals surface area contributed by atoms with Gasteiger partial charge in [0.1, 0.15) is 35.1 Å². The van der Waals surface area contributed by atoms with Crippen LogP contribution in [-0.2, 0) is 31.8 Å². The minimum absolute atomic E-state index is 0.0775. The number of piperazine rings is 1. The Morgan fingerprint density at radius 1 is 1.05 bits per heavy atom. The minimum Gasteiger partial charge on any atom is -0.346 e. The number of benzene rings is 2. The van der Waals surface area contributed by atoms with Crippen molar-refractivity contribution in [2.24, 2.45) is 0 Å². The van der Waals surface area contributed by atoms with Crippen molar-refractivity contribution in [3.63, 3.8) is 0 Å². The molecule has 230 valence electrons. The van der Waals surface area contributed by atoms with E-state index in [1.807, 2.05) is 20.9 Å². The summed E-state index contributed by atoms with van der Waals surface area (Å²) < 4.78 is 29.9. The molecule has 0 bridgehead atoms. The van der Waals surface area contributed by atoms with Gasteiger partial charge in [0.2, 0.25) is 18.2 Å². The van der Waals surface area contributed by atoms with Crippen molar-refractivity contribution in [3.8, 4) is 0 Å². The zero-order chi connectivity index (χ0) is 31.4. The molecule has 2 aliphatic rings. The molecule has 3 amide bonds. The van der Waals surface area contributed by atoms with Crippen molar-refractivity contribution in [1.82, 2.24) is 24.7 Å². The number of carbonyl (C=O) groups excluding carboxylic acids is 3. The summed E-state index contributed by atoms with van der Waals surface area (Å²) in [6.45, 7) is 10.1. The van der Waals surface area contributed by atoms with Crippen LogP contribution in [0, 0.1) is 5.82 Å². The fourth-order valence-electron chi connectivity index (χ4n) is 4.58. The Kier molecular flexibility index (Phi) is 11.5. The Bertz CT molecular complexity index is 1310. The largest absolute Gasteiger partial charge is 0.346 e. The summed E-state index contributed by atoms with van der Waals surface area (Å²) in [6.07, 6.45) is -0.242. The van der Waals surface area contributed by atoms with Gasteiger partial charge in [0.25, 0.3) is 0 Å². The SMILES string of the molecule is CC(C)N1CC2N(C(=O)C(NC=O)CN2S(=O)c2ccc(Cl)cc2F)C(Cc2ccc(Cl)cc2)C1=O.CNC(C)(C)C. The predicted octanol–water partition coefficient (Wildman–Crippen LogP) is 3.61. The molecule has 2 fully saturated rings. The molecule has 0 saturated carbocycles. The number of hydrogen-bond donors (Lipinski definition) is 2. The van der Waals surface area contributed by atoms with Gasteiger partial charge in [0.15, 0.2) is 0 Å². The molecule has 0 spiro atoms. The average Bonchev–Trinajstić information content (AvgIpc) is 2.92. The lowest BCUT2D eigenvalue weighted by Gasteiger charge is -2.54. The van der Waals surface area contributed by atoms with Crippen LogP contribution in [0.2, 0.25) is 10.0 Å². The first-order valence-corrected chi connectivity index (χ1v) is 15.4. The van der Waals surface area contributed by atoms with Crippen LogP contribution in [0.3, 0.4) is 0 Å². The van der Waals surface area contributed by atoms with Crippen LogP contribution in [0.5, 0.6) is 0 Å². The quantitative estimate of drug-likeness (QED) is 0.450. The van der Waals surface area contributed by atoms with Crippen LogP contribution in [0.15, 0.2) is 47.4 Å². The van der Waals surface area contributed by atoms with Gasteiger partial charge in [0.05, 0.1) is 11.4 Å². The van der Waals surface area contributed by atoms with Gasteiger partial charge >= 0.3 is 0 Å². The van der Waals surface area contributed by atoms with E-state index in [2.05, 4.69) is 31.4 Å². The molecular formula is C29H38Cl2FN5O4S. The highest BCUT2D eigenvalue weighted by atomic mass is 35.5. The Balaban J connectivity index is 0.000000730. The number of amides is 3. The van der Waals surface area contributed by atoms with E-state index in [-0.39, 0.29) is 41.4 Å². The Labute approximate surface area is 259 Å². The molecule has 0 radical (unpaired) electrons. The smallest absolute Gasteiger partial charge is 0.248 e. The van der Waals surface area contributed by atoms with Gasteiger partial charge in [-0.25, -0.2) is 8.60 Å². The maximum Gasteiger partial charge on any atom is 0.248 e. The first-order valence-electron chi connectivity index (χ1n) is 13.6. The Morgan fingerprint density at radius 3 is 2.17 bits per heavy atom. The standard InChI is InChI=1S/C24H25Cl2FN4O4S.C5H13N/c1-14(2)29-12-22-30(36(35)21-8-7-17(26)10-18(21)27)11-19(28-13-32)23(33)31(22)20(24(29)34)9-15-3-5-16(25)6-4-15;1-5(2,3)6-4/h3-8,10,13-14,19-20,22H,9,11-12H2,1-2H3,(H,28,32);6H,1-4H3. The van der Waals surface area contributed by atoms with Crippen molar-refractivity contribution < 1.29 is 23.0 Å². The number of nitrogens with zero attached hydrogens (tertiary/aromatic N) is 3. The van der Waals surface area contributed by atoms with Gasteiger partial charge in [-0.05, 0) is 77.6 Å². The van der Waals surface area contributed by atoms with Crippen LogP contribution in [0.25, 0.3) is 0 Å². The molecule has 2 heterocycles. The second kappa shape index (κ2) is 14.3. The fraction of sp³-hybridized carbons (Fsp3) is 0.483. The molecule has 13 heteroatoms. The zero-order valence-electron chi connectivity index (χ0n) is 24.6. The molecular weight excluding hydrogens is 604 g/mol. The molecule has 2 aliphatic heterocycles. The normalized spacial score (nSPS) is 21.9. The van der Waals surface area contributed by atoms with Crippen LogP contribution < -0.4 is 10.6 Å². The van der Waals surface area contributed by atoms with Crippen molar-refractivity contribution in [2.75, 3.05) is 20.1 Å². The number of rotatable bonds is 7. The van der Waals surface area contributed by atoms with Gasteiger partial charge in [0, 0.05) is 34.6 Å². The second-order valence-electron chi connectivity index (χ2n) is 11.4. The highest BCUT2D eigenvalue weighted by Gasteiger charge is 2.52. The third-order valence-corrected chi connectivity index (χ3v) is 9.13. The summed E-state index contributed by atoms with van der Waals surface area (Å²) in [6, 6.07) is 8.57. The van der Waals surface area contributed by atoms with Crippen LogP contribution in [-0.4, -0.2) is 86.5 Å². The van der Waals surface area contributed by atoms with Gasteiger partial charge in [-0.2, -0.15) is 4.31 Å². The van der Waals surface area contributed by atoms with Crippen molar-refractivity contribution in [3.05, 3.63) is 63.9 Å². The highest BCUT2D eigenvalue weighted by Crippen LogP contribution is 2.32. The molecule has 4 atom stereocenters. The zero-order valence-corrected chi connectivity index (χ0v) is 26.9. The lowest BCUT2D eigenvalue weighted by atomic mass is 9.96. The van der Waals surface area contributed by atoms with Crippen LogP contribution in [0.1, 0.15) is 40.2 Å². The molecule has 0 aromatic heterocycles. The maximum absolute atomic E-state index is 14.7. The molecule has 4 rings (SSSR count). The first-order chi connectivity index (χ1) is 19.7. The van der Waals surface area contributed by atoms with E-state index < -0.39 is 41.0 Å². The van der Waals surface area contributed by atoms with Crippen molar-refractivity contribution >= 4 is 52.4 Å². The Morgan fingerprint density at radius 2 is 1.64 bits per heavy atom. The molecule has 4 unspecified atom stereocenters. The summed E-state index contributed by atoms with van der Waals surface area (Å²) in [4.78, 5) is 41.3. The molecule has 42 heavy (non-hydrogen) atoms. The van der Waals surface area contributed by atoms with E-state index in [0.717, 1.165) is 11.6 Å². The van der Waals surface area contributed by atoms with E-state index in [1.165, 1.54) is 21.3 Å². The molecule has 2 N–H and O–H groups in total. The summed E-state index contributed by atoms with van der Waals surface area (Å²) in [5.41, 5.74) is 1.07. The van der Waals surface area contributed by atoms with Crippen molar-refractivity contribution in [1.29, 1.82) is 0 Å². The third kappa shape index (κ3) is 8.08. The number of fused-ring (bicyclic) bond motifs is 1.